The molecular weight excluding hydrogens is 340 g/mol. The lowest BCUT2D eigenvalue weighted by Crippen LogP contribution is -2.14. The lowest BCUT2D eigenvalue weighted by molar-refractivity contribution is 0.103. The van der Waals surface area contributed by atoms with Crippen LogP contribution >= 0.6 is 11.3 Å². The molecule has 2 N–H and O–H groups in total. The fourth-order valence-electron chi connectivity index (χ4n) is 2.50. The standard InChI is InChI=1S/C16H12N6O2S/c1-9-13(25-8-19-9)16(24)21-11-4-2-3-5-12(11)22-14-10(6-20-22)15(23)18-7-17-14/h2-8H,1H3,(H,21,24)(H,17,18,23). The van der Waals surface area contributed by atoms with E-state index in [1.807, 2.05) is 12.1 Å². The molecule has 25 heavy (non-hydrogen) atoms. The third-order valence-electron chi connectivity index (χ3n) is 3.70. The Morgan fingerprint density at radius 2 is 2.12 bits per heavy atom. The topological polar surface area (TPSA) is 106 Å². The summed E-state index contributed by atoms with van der Waals surface area (Å²) >= 11 is 1.28. The van der Waals surface area contributed by atoms with Gasteiger partial charge in [-0.15, -0.1) is 11.3 Å². The van der Waals surface area contributed by atoms with Crippen molar-refractivity contribution < 1.29 is 4.79 Å². The van der Waals surface area contributed by atoms with Crippen molar-refractivity contribution in [1.82, 2.24) is 24.7 Å². The zero-order valence-corrected chi connectivity index (χ0v) is 13.9. The first kappa shape index (κ1) is 15.2. The van der Waals surface area contributed by atoms with Gasteiger partial charge in [0, 0.05) is 0 Å². The minimum Gasteiger partial charge on any atom is -0.319 e. The van der Waals surface area contributed by atoms with Gasteiger partial charge in [0.2, 0.25) is 0 Å². The van der Waals surface area contributed by atoms with Gasteiger partial charge in [0.25, 0.3) is 11.5 Å². The molecule has 0 saturated carbocycles. The number of carbonyl (C=O) groups excluding carboxylic acids is 1. The van der Waals surface area contributed by atoms with Gasteiger partial charge in [-0.25, -0.2) is 14.6 Å². The summed E-state index contributed by atoms with van der Waals surface area (Å²) in [6, 6.07) is 7.20. The maximum atomic E-state index is 12.5. The highest BCUT2D eigenvalue weighted by Gasteiger charge is 2.16. The molecule has 4 aromatic rings. The number of carbonyl (C=O) groups is 1. The van der Waals surface area contributed by atoms with E-state index in [0.29, 0.717) is 33.0 Å². The molecule has 0 radical (unpaired) electrons. The number of aromatic nitrogens is 5. The van der Waals surface area contributed by atoms with Gasteiger partial charge >= 0.3 is 0 Å². The Morgan fingerprint density at radius 3 is 2.92 bits per heavy atom. The van der Waals surface area contributed by atoms with E-state index < -0.39 is 0 Å². The first-order chi connectivity index (χ1) is 12.1. The summed E-state index contributed by atoms with van der Waals surface area (Å²) in [4.78, 5) is 35.7. The van der Waals surface area contributed by atoms with Crippen LogP contribution in [0, 0.1) is 6.92 Å². The van der Waals surface area contributed by atoms with E-state index in [1.54, 1.807) is 24.6 Å². The number of anilines is 1. The van der Waals surface area contributed by atoms with Crippen LogP contribution in [-0.2, 0) is 0 Å². The summed E-state index contributed by atoms with van der Waals surface area (Å²) in [6.45, 7) is 1.79. The zero-order valence-electron chi connectivity index (χ0n) is 13.1. The van der Waals surface area contributed by atoms with Crippen molar-refractivity contribution in [3.05, 3.63) is 63.2 Å². The highest BCUT2D eigenvalue weighted by atomic mass is 32.1. The SMILES string of the molecule is Cc1ncsc1C(=O)Nc1ccccc1-n1ncc2c(=O)[nH]cnc21. The number of fused-ring (bicyclic) bond motifs is 1. The van der Waals surface area contributed by atoms with Crippen LogP contribution in [0.2, 0.25) is 0 Å². The van der Waals surface area contributed by atoms with Gasteiger partial charge in [-0.2, -0.15) is 5.10 Å². The number of nitrogens with one attached hydrogen (secondary N) is 2. The third kappa shape index (κ3) is 2.60. The van der Waals surface area contributed by atoms with Crippen LogP contribution in [0.3, 0.4) is 0 Å². The predicted molar refractivity (Wildman–Crippen MR) is 94.3 cm³/mol. The first-order valence-corrected chi connectivity index (χ1v) is 8.25. The molecule has 0 bridgehead atoms. The molecule has 0 aliphatic heterocycles. The van der Waals surface area contributed by atoms with Gasteiger partial charge in [0.15, 0.2) is 5.65 Å². The minimum atomic E-state index is -0.266. The summed E-state index contributed by atoms with van der Waals surface area (Å²) < 4.78 is 1.53. The first-order valence-electron chi connectivity index (χ1n) is 7.37. The molecule has 0 atom stereocenters. The molecule has 3 heterocycles. The highest BCUT2D eigenvalue weighted by Crippen LogP contribution is 2.23. The van der Waals surface area contributed by atoms with Crippen LogP contribution < -0.4 is 10.9 Å². The predicted octanol–water partition coefficient (Wildman–Crippen LogP) is 2.13. The number of aromatic amines is 1. The molecule has 124 valence electrons. The van der Waals surface area contributed by atoms with Gasteiger partial charge in [0.1, 0.15) is 10.3 Å². The van der Waals surface area contributed by atoms with E-state index in [1.165, 1.54) is 28.5 Å². The number of aryl methyl sites for hydroxylation is 1. The zero-order chi connectivity index (χ0) is 17.4. The molecule has 8 nitrogen and oxygen atoms in total. The third-order valence-corrected chi connectivity index (χ3v) is 4.63. The average molecular weight is 352 g/mol. The molecule has 0 fully saturated rings. The molecule has 1 amide bonds. The maximum Gasteiger partial charge on any atom is 0.267 e. The Kier molecular flexibility index (Phi) is 3.62. The van der Waals surface area contributed by atoms with Crippen molar-refractivity contribution in [1.29, 1.82) is 0 Å². The lowest BCUT2D eigenvalue weighted by Gasteiger charge is -2.11. The van der Waals surface area contributed by atoms with Crippen LogP contribution in [0.5, 0.6) is 0 Å². The lowest BCUT2D eigenvalue weighted by atomic mass is 10.2. The van der Waals surface area contributed by atoms with Crippen molar-refractivity contribution in [2.45, 2.75) is 6.92 Å². The highest BCUT2D eigenvalue weighted by molar-refractivity contribution is 7.12. The van der Waals surface area contributed by atoms with Gasteiger partial charge in [-0.1, -0.05) is 12.1 Å². The summed E-state index contributed by atoms with van der Waals surface area (Å²) in [5.74, 6) is -0.241. The minimum absolute atomic E-state index is 0.241. The van der Waals surface area contributed by atoms with E-state index in [2.05, 4.69) is 25.4 Å². The van der Waals surface area contributed by atoms with Crippen LogP contribution in [-0.4, -0.2) is 30.6 Å². The van der Waals surface area contributed by atoms with Gasteiger partial charge in [0.05, 0.1) is 35.1 Å². The number of para-hydroxylation sites is 2. The van der Waals surface area contributed by atoms with Crippen molar-refractivity contribution in [2.75, 3.05) is 5.32 Å². The smallest absolute Gasteiger partial charge is 0.267 e. The van der Waals surface area contributed by atoms with E-state index in [0.717, 1.165) is 0 Å². The Labute approximate surface area is 145 Å². The molecule has 4 rings (SSSR count). The molecule has 0 aliphatic rings. The summed E-state index contributed by atoms with van der Waals surface area (Å²) in [6.07, 6.45) is 2.78. The number of thiazole rings is 1. The van der Waals surface area contributed by atoms with Crippen molar-refractivity contribution in [2.24, 2.45) is 0 Å². The molecule has 1 aromatic carbocycles. The fraction of sp³-hybridized carbons (Fsp3) is 0.0625. The molecule has 0 unspecified atom stereocenters. The molecule has 0 saturated heterocycles. The van der Waals surface area contributed by atoms with Crippen LogP contribution in [0.25, 0.3) is 16.7 Å². The number of nitrogens with zero attached hydrogens (tertiary/aromatic N) is 4. The number of H-pyrrole nitrogens is 1. The number of rotatable bonds is 3. The van der Waals surface area contributed by atoms with Crippen LogP contribution in [0.4, 0.5) is 5.69 Å². The summed E-state index contributed by atoms with van der Waals surface area (Å²) in [5, 5.41) is 7.50. The van der Waals surface area contributed by atoms with E-state index >= 15 is 0 Å². The number of amides is 1. The van der Waals surface area contributed by atoms with Crippen molar-refractivity contribution >= 4 is 34.0 Å². The Bertz CT molecular complexity index is 1140. The van der Waals surface area contributed by atoms with E-state index in [-0.39, 0.29) is 11.5 Å². The molecular formula is C16H12N6O2S. The molecule has 0 aliphatic carbocycles. The summed E-state index contributed by atoms with van der Waals surface area (Å²) in [5.41, 5.74) is 3.64. The van der Waals surface area contributed by atoms with E-state index in [9.17, 15) is 9.59 Å². The maximum absolute atomic E-state index is 12.5. The molecule has 3 aromatic heterocycles. The quantitative estimate of drug-likeness (QED) is 0.587. The van der Waals surface area contributed by atoms with Gasteiger partial charge < -0.3 is 10.3 Å². The average Bonchev–Trinajstić information content (AvgIpc) is 3.22. The van der Waals surface area contributed by atoms with Crippen LogP contribution in [0.1, 0.15) is 15.4 Å². The second kappa shape index (κ2) is 5.95. The summed E-state index contributed by atoms with van der Waals surface area (Å²) in [7, 11) is 0. The van der Waals surface area contributed by atoms with Crippen molar-refractivity contribution in [3.63, 3.8) is 0 Å². The van der Waals surface area contributed by atoms with E-state index in [4.69, 9.17) is 0 Å². The van der Waals surface area contributed by atoms with Gasteiger partial charge in [-0.3, -0.25) is 9.59 Å². The molecule has 9 heteroatoms. The Balaban J connectivity index is 1.79. The number of hydrogen-bond donors (Lipinski definition) is 2. The fourth-order valence-corrected chi connectivity index (χ4v) is 3.19. The van der Waals surface area contributed by atoms with Crippen LogP contribution in [0.15, 0.2) is 47.1 Å². The largest absolute Gasteiger partial charge is 0.319 e. The number of hydrogen-bond acceptors (Lipinski definition) is 6. The Hall–Kier alpha value is -3.33. The second-order valence-corrected chi connectivity index (χ2v) is 6.12. The van der Waals surface area contributed by atoms with Crippen molar-refractivity contribution in [3.8, 4) is 5.69 Å². The molecule has 0 spiro atoms. The normalized spacial score (nSPS) is 10.9. The number of benzene rings is 1. The van der Waals surface area contributed by atoms with Gasteiger partial charge in [-0.05, 0) is 19.1 Å². The monoisotopic (exact) mass is 352 g/mol. The Morgan fingerprint density at radius 1 is 1.28 bits per heavy atom. The second-order valence-electron chi connectivity index (χ2n) is 5.26.